The molecule has 1 aliphatic rings. The Hall–Kier alpha value is -1.65. The number of ether oxygens (including phenoxy) is 1. The minimum Gasteiger partial charge on any atom is -0.423 e. The molecule has 0 aromatic heterocycles. The average molecular weight is 208 g/mol. The van der Waals surface area contributed by atoms with E-state index in [-0.39, 0.29) is 13.2 Å². The van der Waals surface area contributed by atoms with Gasteiger partial charge in [-0.05, 0) is 18.2 Å². The predicted molar refractivity (Wildman–Crippen MR) is 54.7 cm³/mol. The quantitative estimate of drug-likeness (QED) is 0.520. The van der Waals surface area contributed by atoms with E-state index < -0.39 is 5.97 Å². The van der Waals surface area contributed by atoms with Crippen LogP contribution in [0.25, 0.3) is 0 Å². The van der Waals surface area contributed by atoms with Crippen LogP contribution in [0, 0.1) is 0 Å². The van der Waals surface area contributed by atoms with Crippen molar-refractivity contribution in [2.45, 2.75) is 0 Å². The molecule has 15 heavy (non-hydrogen) atoms. The number of esters is 1. The summed E-state index contributed by atoms with van der Waals surface area (Å²) in [5, 5.41) is 17.0. The van der Waals surface area contributed by atoms with E-state index in [9.17, 15) is 4.79 Å². The van der Waals surface area contributed by atoms with E-state index >= 15 is 0 Å². The monoisotopic (exact) mass is 208 g/mol. The maximum Gasteiger partial charge on any atom is 0.343 e. The molecule has 0 spiro atoms. The Balaban J connectivity index is 2.66. The Bertz CT molecular complexity index is 348. The number of hydrogen-bond acceptors (Lipinski definition) is 4. The summed E-state index contributed by atoms with van der Waals surface area (Å²) in [5.41, 5.74) is 0.414. The van der Waals surface area contributed by atoms with Crippen molar-refractivity contribution in [2.75, 3.05) is 13.2 Å². The standard InChI is InChI=1S/C11H12O4/c12-6-3-1-2-4-9-8-10(5-7-13)15-11(9)14/h1-5,8,12-13H,6-7H2/b3-1+,4-2+,10-5-. The van der Waals surface area contributed by atoms with Gasteiger partial charge >= 0.3 is 5.97 Å². The van der Waals surface area contributed by atoms with Gasteiger partial charge in [0.15, 0.2) is 0 Å². The topological polar surface area (TPSA) is 66.8 Å². The van der Waals surface area contributed by atoms with Gasteiger partial charge in [0.2, 0.25) is 0 Å². The lowest BCUT2D eigenvalue weighted by Gasteiger charge is -1.92. The molecule has 0 radical (unpaired) electrons. The van der Waals surface area contributed by atoms with Gasteiger partial charge in [-0.15, -0.1) is 0 Å². The smallest absolute Gasteiger partial charge is 0.343 e. The third-order valence-corrected chi connectivity index (χ3v) is 1.66. The van der Waals surface area contributed by atoms with Crippen LogP contribution >= 0.6 is 0 Å². The first-order valence-corrected chi connectivity index (χ1v) is 4.47. The molecule has 0 unspecified atom stereocenters. The summed E-state index contributed by atoms with van der Waals surface area (Å²) < 4.78 is 4.82. The first kappa shape index (κ1) is 11.4. The van der Waals surface area contributed by atoms with Crippen LogP contribution in [0.4, 0.5) is 0 Å². The molecule has 4 nitrogen and oxygen atoms in total. The van der Waals surface area contributed by atoms with E-state index in [4.69, 9.17) is 14.9 Å². The zero-order valence-corrected chi connectivity index (χ0v) is 8.09. The van der Waals surface area contributed by atoms with Gasteiger partial charge in [0.05, 0.1) is 18.8 Å². The Kier molecular flexibility index (Phi) is 4.53. The molecule has 0 saturated carbocycles. The van der Waals surface area contributed by atoms with Crippen molar-refractivity contribution in [3.63, 3.8) is 0 Å². The van der Waals surface area contributed by atoms with Crippen molar-refractivity contribution in [3.8, 4) is 0 Å². The number of aliphatic hydroxyl groups excluding tert-OH is 2. The van der Waals surface area contributed by atoms with Crippen LogP contribution in [0.3, 0.4) is 0 Å². The fourth-order valence-corrected chi connectivity index (χ4v) is 1.01. The SMILES string of the molecule is O=C1O/C(=C\CO)C=C1/C=C/C=C/CO. The zero-order chi connectivity index (χ0) is 11.1. The third kappa shape index (κ3) is 3.53. The van der Waals surface area contributed by atoms with Gasteiger partial charge in [-0.25, -0.2) is 4.79 Å². The second kappa shape index (κ2) is 5.95. The van der Waals surface area contributed by atoms with Crippen molar-refractivity contribution in [2.24, 2.45) is 0 Å². The number of carbonyl (C=O) groups excluding carboxylic acids is 1. The highest BCUT2D eigenvalue weighted by molar-refractivity contribution is 5.95. The largest absolute Gasteiger partial charge is 0.423 e. The fourth-order valence-electron chi connectivity index (χ4n) is 1.01. The lowest BCUT2D eigenvalue weighted by molar-refractivity contribution is -0.132. The number of carbonyl (C=O) groups is 1. The molecule has 1 rings (SSSR count). The minimum absolute atomic E-state index is 0.0382. The van der Waals surface area contributed by atoms with Gasteiger partial charge in [-0.2, -0.15) is 0 Å². The summed E-state index contributed by atoms with van der Waals surface area (Å²) in [6.07, 6.45) is 9.33. The molecule has 0 amide bonds. The van der Waals surface area contributed by atoms with Crippen molar-refractivity contribution >= 4 is 5.97 Å². The van der Waals surface area contributed by atoms with Gasteiger partial charge in [0.1, 0.15) is 5.76 Å². The van der Waals surface area contributed by atoms with Gasteiger partial charge < -0.3 is 14.9 Å². The van der Waals surface area contributed by atoms with Crippen LogP contribution in [0.15, 0.2) is 47.8 Å². The van der Waals surface area contributed by atoms with Crippen LogP contribution in [0.2, 0.25) is 0 Å². The van der Waals surface area contributed by atoms with Crippen molar-refractivity contribution < 1.29 is 19.7 Å². The minimum atomic E-state index is -0.441. The molecule has 0 aromatic carbocycles. The molecule has 4 heteroatoms. The van der Waals surface area contributed by atoms with Gasteiger partial charge in [-0.3, -0.25) is 0 Å². The molecular weight excluding hydrogens is 196 g/mol. The lowest BCUT2D eigenvalue weighted by atomic mass is 10.2. The molecule has 80 valence electrons. The fraction of sp³-hybridized carbons (Fsp3) is 0.182. The Morgan fingerprint density at radius 3 is 2.73 bits per heavy atom. The second-order valence-electron chi connectivity index (χ2n) is 2.75. The summed E-state index contributed by atoms with van der Waals surface area (Å²) >= 11 is 0. The molecule has 2 N–H and O–H groups in total. The van der Waals surface area contributed by atoms with E-state index in [1.165, 1.54) is 6.08 Å². The Morgan fingerprint density at radius 2 is 2.07 bits per heavy atom. The average Bonchev–Trinajstić information content (AvgIpc) is 2.55. The Morgan fingerprint density at radius 1 is 1.27 bits per heavy atom. The molecular formula is C11H12O4. The molecule has 0 fully saturated rings. The molecule has 0 aliphatic carbocycles. The van der Waals surface area contributed by atoms with Crippen molar-refractivity contribution in [1.29, 1.82) is 0 Å². The van der Waals surface area contributed by atoms with E-state index in [0.717, 1.165) is 0 Å². The summed E-state index contributed by atoms with van der Waals surface area (Å²) in [4.78, 5) is 11.2. The van der Waals surface area contributed by atoms with E-state index in [2.05, 4.69) is 0 Å². The predicted octanol–water partition coefficient (Wildman–Crippen LogP) is 0.450. The number of hydrogen-bond donors (Lipinski definition) is 2. The molecule has 0 aromatic rings. The molecule has 1 aliphatic heterocycles. The normalized spacial score (nSPS) is 19.2. The van der Waals surface area contributed by atoms with Crippen LogP contribution < -0.4 is 0 Å². The Labute approximate surface area is 87.5 Å². The first-order valence-electron chi connectivity index (χ1n) is 4.47. The highest BCUT2D eigenvalue weighted by Gasteiger charge is 2.17. The van der Waals surface area contributed by atoms with Crippen LogP contribution in [0.5, 0.6) is 0 Å². The maximum absolute atomic E-state index is 11.2. The maximum atomic E-state index is 11.2. The molecule has 1 heterocycles. The van der Waals surface area contributed by atoms with Crippen LogP contribution in [0.1, 0.15) is 0 Å². The van der Waals surface area contributed by atoms with Crippen LogP contribution in [-0.2, 0) is 9.53 Å². The summed E-state index contributed by atoms with van der Waals surface area (Å²) in [7, 11) is 0. The highest BCUT2D eigenvalue weighted by Crippen LogP contribution is 2.17. The number of rotatable bonds is 4. The number of aliphatic hydroxyl groups is 2. The third-order valence-electron chi connectivity index (χ3n) is 1.66. The lowest BCUT2D eigenvalue weighted by Crippen LogP contribution is -1.96. The zero-order valence-electron chi connectivity index (χ0n) is 8.09. The van der Waals surface area contributed by atoms with E-state index in [1.807, 2.05) is 0 Å². The number of allylic oxidation sites excluding steroid dienone is 3. The van der Waals surface area contributed by atoms with E-state index in [1.54, 1.807) is 30.4 Å². The van der Waals surface area contributed by atoms with Crippen molar-refractivity contribution in [3.05, 3.63) is 47.8 Å². The summed E-state index contributed by atoms with van der Waals surface area (Å²) in [5.74, 6) is -0.0864. The van der Waals surface area contributed by atoms with Crippen molar-refractivity contribution in [1.82, 2.24) is 0 Å². The second-order valence-corrected chi connectivity index (χ2v) is 2.75. The molecule has 0 bridgehead atoms. The van der Waals surface area contributed by atoms with E-state index in [0.29, 0.717) is 11.3 Å². The molecule has 0 saturated heterocycles. The summed E-state index contributed by atoms with van der Waals surface area (Å²) in [6, 6.07) is 0. The molecule has 0 atom stereocenters. The van der Waals surface area contributed by atoms with Gasteiger partial charge in [0, 0.05) is 0 Å². The first-order chi connectivity index (χ1) is 7.27. The summed E-state index contributed by atoms with van der Waals surface area (Å²) in [6.45, 7) is -0.204. The van der Waals surface area contributed by atoms with Gasteiger partial charge in [0.25, 0.3) is 0 Å². The highest BCUT2D eigenvalue weighted by atomic mass is 16.5. The van der Waals surface area contributed by atoms with Crippen LogP contribution in [-0.4, -0.2) is 29.4 Å². The van der Waals surface area contributed by atoms with Gasteiger partial charge in [-0.1, -0.05) is 18.2 Å². The number of cyclic esters (lactones) is 1.